The molecule has 3 rings (SSSR count). The number of carbonyl (C=O) groups excluding carboxylic acids is 1. The second-order valence-electron chi connectivity index (χ2n) is 5.71. The highest BCUT2D eigenvalue weighted by atomic mass is 16.5. The summed E-state index contributed by atoms with van der Waals surface area (Å²) in [5, 5.41) is 3.36. The zero-order chi connectivity index (χ0) is 13.9. The minimum absolute atomic E-state index is 0.0716. The largest absolute Gasteiger partial charge is 0.373 e. The van der Waals surface area contributed by atoms with E-state index >= 15 is 0 Å². The molecule has 4 heteroatoms. The van der Waals surface area contributed by atoms with E-state index in [4.69, 9.17) is 4.74 Å². The van der Waals surface area contributed by atoms with Crippen molar-refractivity contribution in [2.45, 2.75) is 31.9 Å². The van der Waals surface area contributed by atoms with Crippen LogP contribution in [0.3, 0.4) is 0 Å². The van der Waals surface area contributed by atoms with Gasteiger partial charge in [-0.05, 0) is 24.5 Å². The van der Waals surface area contributed by atoms with Crippen molar-refractivity contribution in [1.82, 2.24) is 10.2 Å². The third kappa shape index (κ3) is 2.86. The Hall–Kier alpha value is -1.39. The molecule has 0 spiro atoms. The molecular weight excluding hydrogens is 252 g/mol. The van der Waals surface area contributed by atoms with Crippen LogP contribution < -0.4 is 5.32 Å². The lowest BCUT2D eigenvalue weighted by Gasteiger charge is -2.34. The van der Waals surface area contributed by atoms with Crippen LogP contribution in [-0.2, 0) is 16.0 Å². The van der Waals surface area contributed by atoms with Gasteiger partial charge in [-0.2, -0.15) is 0 Å². The van der Waals surface area contributed by atoms with Crippen molar-refractivity contribution in [3.8, 4) is 0 Å². The summed E-state index contributed by atoms with van der Waals surface area (Å²) < 4.78 is 5.83. The number of rotatable bonds is 2. The van der Waals surface area contributed by atoms with Crippen LogP contribution in [0.4, 0.5) is 0 Å². The molecule has 0 unspecified atom stereocenters. The number of nitrogens with zero attached hydrogens (tertiary/aromatic N) is 1. The van der Waals surface area contributed by atoms with Crippen LogP contribution in [0.5, 0.6) is 0 Å². The van der Waals surface area contributed by atoms with Crippen molar-refractivity contribution >= 4 is 5.91 Å². The van der Waals surface area contributed by atoms with Crippen LogP contribution in [0, 0.1) is 0 Å². The summed E-state index contributed by atoms with van der Waals surface area (Å²) in [6.45, 7) is 5.32. The Morgan fingerprint density at radius 3 is 3.15 bits per heavy atom. The van der Waals surface area contributed by atoms with E-state index in [-0.39, 0.29) is 12.0 Å². The van der Waals surface area contributed by atoms with Gasteiger partial charge in [0, 0.05) is 25.7 Å². The zero-order valence-electron chi connectivity index (χ0n) is 12.0. The first-order valence-corrected chi connectivity index (χ1v) is 7.44. The molecule has 0 radical (unpaired) electrons. The van der Waals surface area contributed by atoms with Crippen molar-refractivity contribution in [2.24, 2.45) is 0 Å². The van der Waals surface area contributed by atoms with Gasteiger partial charge in [-0.25, -0.2) is 0 Å². The molecule has 20 heavy (non-hydrogen) atoms. The molecule has 1 amide bonds. The number of amides is 1. The van der Waals surface area contributed by atoms with E-state index in [1.165, 1.54) is 11.1 Å². The van der Waals surface area contributed by atoms with Crippen molar-refractivity contribution in [2.75, 3.05) is 26.2 Å². The van der Waals surface area contributed by atoms with Crippen LogP contribution >= 0.6 is 0 Å². The van der Waals surface area contributed by atoms with E-state index in [1.54, 1.807) is 0 Å². The maximum Gasteiger partial charge on any atom is 0.225 e. The Morgan fingerprint density at radius 1 is 1.45 bits per heavy atom. The Balaban J connectivity index is 1.68. The second kappa shape index (κ2) is 5.94. The normalized spacial score (nSPS) is 26.1. The third-order valence-electron chi connectivity index (χ3n) is 4.17. The Bertz CT molecular complexity index is 489. The van der Waals surface area contributed by atoms with Gasteiger partial charge in [-0.3, -0.25) is 4.79 Å². The summed E-state index contributed by atoms with van der Waals surface area (Å²) in [7, 11) is 0. The maximum absolute atomic E-state index is 12.4. The van der Waals surface area contributed by atoms with Gasteiger partial charge in [0.25, 0.3) is 0 Å². The summed E-state index contributed by atoms with van der Waals surface area (Å²) >= 11 is 0. The lowest BCUT2D eigenvalue weighted by atomic mass is 9.95. The first kappa shape index (κ1) is 13.6. The fraction of sp³-hybridized carbons (Fsp3) is 0.562. The lowest BCUT2D eigenvalue weighted by molar-refractivity contribution is -0.135. The number of piperazine rings is 1. The van der Waals surface area contributed by atoms with E-state index in [9.17, 15) is 4.79 Å². The Kier molecular flexibility index (Phi) is 4.03. The third-order valence-corrected chi connectivity index (χ3v) is 4.17. The molecule has 2 aliphatic rings. The summed E-state index contributed by atoms with van der Waals surface area (Å²) in [5.74, 6) is 0.208. The molecule has 0 saturated carbocycles. The van der Waals surface area contributed by atoms with Crippen molar-refractivity contribution in [3.63, 3.8) is 0 Å². The molecule has 2 heterocycles. The fourth-order valence-electron chi connectivity index (χ4n) is 3.09. The van der Waals surface area contributed by atoms with Gasteiger partial charge in [-0.15, -0.1) is 0 Å². The molecular formula is C16H22N2O2. The molecule has 1 fully saturated rings. The van der Waals surface area contributed by atoms with Crippen LogP contribution in [0.2, 0.25) is 0 Å². The average molecular weight is 274 g/mol. The lowest BCUT2D eigenvalue weighted by Crippen LogP contribution is -2.51. The number of ether oxygens (including phenoxy) is 1. The van der Waals surface area contributed by atoms with E-state index in [1.807, 2.05) is 11.0 Å². The molecule has 108 valence electrons. The minimum atomic E-state index is -0.0716. The monoisotopic (exact) mass is 274 g/mol. The predicted octanol–water partition coefficient (Wildman–Crippen LogP) is 1.51. The number of hydrogen-bond donors (Lipinski definition) is 1. The number of benzene rings is 1. The van der Waals surface area contributed by atoms with Gasteiger partial charge in [-0.1, -0.05) is 24.3 Å². The number of carbonyl (C=O) groups is 1. The summed E-state index contributed by atoms with van der Waals surface area (Å²) in [6, 6.07) is 8.70. The van der Waals surface area contributed by atoms with Crippen molar-refractivity contribution < 1.29 is 9.53 Å². The molecule has 0 bridgehead atoms. The van der Waals surface area contributed by atoms with Gasteiger partial charge in [0.2, 0.25) is 5.91 Å². The number of hydrogen-bond acceptors (Lipinski definition) is 3. The zero-order valence-corrected chi connectivity index (χ0v) is 12.0. The Morgan fingerprint density at radius 2 is 2.30 bits per heavy atom. The standard InChI is InChI=1S/C16H22N2O2/c1-12-11-18(8-7-17-12)16(19)10-15-14-5-3-2-4-13(14)6-9-20-15/h2-5,12,15,17H,6-11H2,1H3/t12-,15+/m1/s1. The molecule has 2 atom stereocenters. The van der Waals surface area contributed by atoms with Crippen LogP contribution in [0.25, 0.3) is 0 Å². The molecule has 1 saturated heterocycles. The smallest absolute Gasteiger partial charge is 0.225 e. The van der Waals surface area contributed by atoms with Gasteiger partial charge in [0.15, 0.2) is 0 Å². The summed E-state index contributed by atoms with van der Waals surface area (Å²) in [5.41, 5.74) is 2.51. The van der Waals surface area contributed by atoms with Gasteiger partial charge in [0.05, 0.1) is 19.1 Å². The molecule has 4 nitrogen and oxygen atoms in total. The van der Waals surface area contributed by atoms with E-state index in [2.05, 4.69) is 30.4 Å². The maximum atomic E-state index is 12.4. The van der Waals surface area contributed by atoms with Gasteiger partial charge >= 0.3 is 0 Å². The van der Waals surface area contributed by atoms with E-state index in [0.717, 1.165) is 26.1 Å². The topological polar surface area (TPSA) is 41.6 Å². The van der Waals surface area contributed by atoms with Crippen LogP contribution in [0.15, 0.2) is 24.3 Å². The second-order valence-corrected chi connectivity index (χ2v) is 5.71. The predicted molar refractivity (Wildman–Crippen MR) is 77.5 cm³/mol. The molecule has 0 aromatic heterocycles. The minimum Gasteiger partial charge on any atom is -0.373 e. The van der Waals surface area contributed by atoms with Crippen molar-refractivity contribution in [1.29, 1.82) is 0 Å². The molecule has 1 N–H and O–H groups in total. The van der Waals surface area contributed by atoms with E-state index in [0.29, 0.717) is 19.1 Å². The molecule has 1 aromatic rings. The van der Waals surface area contributed by atoms with Crippen LogP contribution in [0.1, 0.15) is 30.6 Å². The number of nitrogens with one attached hydrogen (secondary N) is 1. The summed E-state index contributed by atoms with van der Waals surface area (Å²) in [6.07, 6.45) is 1.34. The van der Waals surface area contributed by atoms with Crippen LogP contribution in [-0.4, -0.2) is 43.1 Å². The molecule has 1 aromatic carbocycles. The first-order chi connectivity index (χ1) is 9.74. The fourth-order valence-corrected chi connectivity index (χ4v) is 3.09. The SMILES string of the molecule is C[C@@H]1CN(C(=O)C[C@@H]2OCCc3ccccc32)CCN1. The molecule has 0 aliphatic carbocycles. The van der Waals surface area contributed by atoms with E-state index < -0.39 is 0 Å². The Labute approximate surface area is 120 Å². The van der Waals surface area contributed by atoms with Gasteiger partial charge < -0.3 is 15.0 Å². The highest BCUT2D eigenvalue weighted by Gasteiger charge is 2.27. The quantitative estimate of drug-likeness (QED) is 0.889. The first-order valence-electron chi connectivity index (χ1n) is 7.44. The average Bonchev–Trinajstić information content (AvgIpc) is 2.47. The summed E-state index contributed by atoms with van der Waals surface area (Å²) in [4.78, 5) is 14.4. The molecule has 2 aliphatic heterocycles. The highest BCUT2D eigenvalue weighted by Crippen LogP contribution is 2.30. The van der Waals surface area contributed by atoms with Gasteiger partial charge in [0.1, 0.15) is 0 Å². The van der Waals surface area contributed by atoms with Crippen molar-refractivity contribution in [3.05, 3.63) is 35.4 Å². The highest BCUT2D eigenvalue weighted by molar-refractivity contribution is 5.77. The number of fused-ring (bicyclic) bond motifs is 1.